The van der Waals surface area contributed by atoms with Gasteiger partial charge in [-0.1, -0.05) is 23.4 Å². The fourth-order valence-electron chi connectivity index (χ4n) is 1.88. The molecule has 1 aromatic carbocycles. The van der Waals surface area contributed by atoms with Crippen LogP contribution in [0.3, 0.4) is 0 Å². The third-order valence-corrected chi connectivity index (χ3v) is 3.87. The lowest BCUT2D eigenvalue weighted by Crippen LogP contribution is -2.28. The summed E-state index contributed by atoms with van der Waals surface area (Å²) in [4.78, 5) is 12.7. The average Bonchev–Trinajstić information content (AvgIpc) is 3.23. The van der Waals surface area contributed by atoms with Gasteiger partial charge in [0.25, 0.3) is 5.91 Å². The molecule has 0 spiro atoms. The molecule has 0 aliphatic carbocycles. The molecule has 0 radical (unpaired) electrons. The standard InChI is InChI=1S/C16H13FN2O3S/c17-12-4-1-2-5-13(12)21-10-16(20)18-9-11-8-14(22-19-11)15-6-3-7-23-15/h1-8H,9-10H2,(H,18,20). The van der Waals surface area contributed by atoms with E-state index in [1.54, 1.807) is 29.5 Å². The molecule has 23 heavy (non-hydrogen) atoms. The molecule has 0 bridgehead atoms. The maximum Gasteiger partial charge on any atom is 0.258 e. The summed E-state index contributed by atoms with van der Waals surface area (Å²) in [5.74, 6) is -0.165. The molecule has 0 unspecified atom stereocenters. The lowest BCUT2D eigenvalue weighted by atomic mass is 10.3. The minimum Gasteiger partial charge on any atom is -0.481 e. The third-order valence-electron chi connectivity index (χ3n) is 2.99. The predicted molar refractivity (Wildman–Crippen MR) is 83.6 cm³/mol. The molecule has 0 aliphatic heterocycles. The van der Waals surface area contributed by atoms with E-state index in [9.17, 15) is 9.18 Å². The zero-order valence-corrected chi connectivity index (χ0v) is 12.8. The molecule has 1 amide bonds. The van der Waals surface area contributed by atoms with Crippen LogP contribution in [0.5, 0.6) is 5.75 Å². The van der Waals surface area contributed by atoms with Gasteiger partial charge >= 0.3 is 0 Å². The van der Waals surface area contributed by atoms with Crippen LogP contribution in [0.2, 0.25) is 0 Å². The smallest absolute Gasteiger partial charge is 0.258 e. The molecule has 0 atom stereocenters. The molecule has 7 heteroatoms. The number of hydrogen-bond donors (Lipinski definition) is 1. The predicted octanol–water partition coefficient (Wildman–Crippen LogP) is 3.24. The van der Waals surface area contributed by atoms with Crippen molar-refractivity contribution in [3.63, 3.8) is 0 Å². The van der Waals surface area contributed by atoms with Crippen molar-refractivity contribution < 1.29 is 18.4 Å². The van der Waals surface area contributed by atoms with Gasteiger partial charge < -0.3 is 14.6 Å². The molecule has 0 saturated carbocycles. The largest absolute Gasteiger partial charge is 0.481 e. The number of halogens is 1. The number of aromatic nitrogens is 1. The first-order valence-corrected chi connectivity index (χ1v) is 7.74. The van der Waals surface area contributed by atoms with E-state index in [0.29, 0.717) is 11.5 Å². The van der Waals surface area contributed by atoms with Gasteiger partial charge in [-0.25, -0.2) is 4.39 Å². The summed E-state index contributed by atoms with van der Waals surface area (Å²) in [6, 6.07) is 11.5. The van der Waals surface area contributed by atoms with Gasteiger partial charge in [0.2, 0.25) is 0 Å². The summed E-state index contributed by atoms with van der Waals surface area (Å²) < 4.78 is 23.7. The first-order valence-electron chi connectivity index (χ1n) is 6.86. The number of rotatable bonds is 6. The minimum atomic E-state index is -0.502. The van der Waals surface area contributed by atoms with Gasteiger partial charge in [0.1, 0.15) is 5.69 Å². The second kappa shape index (κ2) is 7.06. The molecule has 3 aromatic rings. The topological polar surface area (TPSA) is 64.4 Å². The Bertz CT molecular complexity index is 786. The Balaban J connectivity index is 1.49. The number of thiophene rings is 1. The Kier molecular flexibility index (Phi) is 4.68. The minimum absolute atomic E-state index is 0.0454. The van der Waals surface area contributed by atoms with Gasteiger partial charge in [-0.05, 0) is 23.6 Å². The Hall–Kier alpha value is -2.67. The maximum atomic E-state index is 13.4. The van der Waals surface area contributed by atoms with Gasteiger partial charge in [0.05, 0.1) is 11.4 Å². The van der Waals surface area contributed by atoms with E-state index in [1.165, 1.54) is 12.1 Å². The first-order chi connectivity index (χ1) is 11.2. The average molecular weight is 332 g/mol. The van der Waals surface area contributed by atoms with Crippen molar-refractivity contribution in [1.82, 2.24) is 10.5 Å². The first kappa shape index (κ1) is 15.2. The van der Waals surface area contributed by atoms with Crippen molar-refractivity contribution in [2.45, 2.75) is 6.54 Å². The van der Waals surface area contributed by atoms with Crippen molar-refractivity contribution in [2.75, 3.05) is 6.61 Å². The molecule has 118 valence electrons. The Morgan fingerprint density at radius 1 is 1.30 bits per heavy atom. The van der Waals surface area contributed by atoms with Crippen molar-refractivity contribution >= 4 is 17.2 Å². The van der Waals surface area contributed by atoms with E-state index < -0.39 is 5.82 Å². The van der Waals surface area contributed by atoms with E-state index >= 15 is 0 Å². The highest BCUT2D eigenvalue weighted by Crippen LogP contribution is 2.25. The summed E-state index contributed by atoms with van der Waals surface area (Å²) in [5.41, 5.74) is 0.604. The van der Waals surface area contributed by atoms with Crippen LogP contribution in [0.25, 0.3) is 10.6 Å². The lowest BCUT2D eigenvalue weighted by molar-refractivity contribution is -0.123. The molecule has 1 N–H and O–H groups in total. The van der Waals surface area contributed by atoms with Crippen LogP contribution in [0.4, 0.5) is 4.39 Å². The fourth-order valence-corrected chi connectivity index (χ4v) is 2.55. The van der Waals surface area contributed by atoms with Crippen molar-refractivity contribution in [1.29, 1.82) is 0 Å². The Labute approximate surface area is 135 Å². The van der Waals surface area contributed by atoms with Gasteiger partial charge in [-0.2, -0.15) is 0 Å². The zero-order chi connectivity index (χ0) is 16.1. The van der Waals surface area contributed by atoms with Gasteiger partial charge in [0, 0.05) is 6.07 Å². The summed E-state index contributed by atoms with van der Waals surface area (Å²) >= 11 is 1.54. The van der Waals surface area contributed by atoms with Crippen LogP contribution in [0, 0.1) is 5.82 Å². The molecular weight excluding hydrogens is 319 g/mol. The number of ether oxygens (including phenoxy) is 1. The summed E-state index contributed by atoms with van der Waals surface area (Å²) in [6.07, 6.45) is 0. The molecule has 3 rings (SSSR count). The monoisotopic (exact) mass is 332 g/mol. The van der Waals surface area contributed by atoms with Crippen LogP contribution in [0.1, 0.15) is 5.69 Å². The maximum absolute atomic E-state index is 13.4. The number of hydrogen-bond acceptors (Lipinski definition) is 5. The molecule has 2 heterocycles. The highest BCUT2D eigenvalue weighted by molar-refractivity contribution is 7.13. The highest BCUT2D eigenvalue weighted by atomic mass is 32.1. The second-order valence-corrected chi connectivity index (χ2v) is 5.60. The number of nitrogens with one attached hydrogen (secondary N) is 1. The van der Waals surface area contributed by atoms with E-state index in [4.69, 9.17) is 9.26 Å². The molecule has 2 aromatic heterocycles. The number of amides is 1. The molecular formula is C16H13FN2O3S. The number of para-hydroxylation sites is 1. The van der Waals surface area contributed by atoms with Crippen LogP contribution in [-0.4, -0.2) is 17.7 Å². The highest BCUT2D eigenvalue weighted by Gasteiger charge is 2.10. The zero-order valence-electron chi connectivity index (χ0n) is 12.0. The number of carbonyl (C=O) groups is 1. The van der Waals surface area contributed by atoms with E-state index in [-0.39, 0.29) is 24.8 Å². The van der Waals surface area contributed by atoms with Crippen molar-refractivity contribution in [2.24, 2.45) is 0 Å². The van der Waals surface area contributed by atoms with Crippen LogP contribution in [0.15, 0.2) is 52.4 Å². The van der Waals surface area contributed by atoms with Gasteiger partial charge in [-0.15, -0.1) is 11.3 Å². The van der Waals surface area contributed by atoms with Crippen LogP contribution in [-0.2, 0) is 11.3 Å². The second-order valence-electron chi connectivity index (χ2n) is 4.66. The number of nitrogens with zero attached hydrogens (tertiary/aromatic N) is 1. The van der Waals surface area contributed by atoms with Crippen molar-refractivity contribution in [3.8, 4) is 16.4 Å². The lowest BCUT2D eigenvalue weighted by Gasteiger charge is -2.06. The quantitative estimate of drug-likeness (QED) is 0.753. The van der Waals surface area contributed by atoms with E-state index in [0.717, 1.165) is 4.88 Å². The third kappa shape index (κ3) is 3.95. The van der Waals surface area contributed by atoms with Crippen LogP contribution < -0.4 is 10.1 Å². The fraction of sp³-hybridized carbons (Fsp3) is 0.125. The number of carbonyl (C=O) groups excluding carboxylic acids is 1. The summed E-state index contributed by atoms with van der Waals surface area (Å²) in [5, 5.41) is 8.48. The summed E-state index contributed by atoms with van der Waals surface area (Å²) in [6.45, 7) is -0.0507. The van der Waals surface area contributed by atoms with Crippen molar-refractivity contribution in [3.05, 3.63) is 59.4 Å². The molecule has 0 fully saturated rings. The van der Waals surface area contributed by atoms with Gasteiger partial charge in [0.15, 0.2) is 23.9 Å². The van der Waals surface area contributed by atoms with E-state index in [2.05, 4.69) is 10.5 Å². The van der Waals surface area contributed by atoms with Gasteiger partial charge in [-0.3, -0.25) is 4.79 Å². The molecule has 5 nitrogen and oxygen atoms in total. The molecule has 0 aliphatic rings. The Morgan fingerprint density at radius 3 is 2.96 bits per heavy atom. The SMILES string of the molecule is O=C(COc1ccccc1F)NCc1cc(-c2cccs2)on1. The normalized spacial score (nSPS) is 10.5. The van der Waals surface area contributed by atoms with E-state index in [1.807, 2.05) is 17.5 Å². The van der Waals surface area contributed by atoms with Crippen LogP contribution >= 0.6 is 11.3 Å². The summed E-state index contributed by atoms with van der Waals surface area (Å²) in [7, 11) is 0. The number of benzene rings is 1. The molecule has 0 saturated heterocycles. The Morgan fingerprint density at radius 2 is 2.17 bits per heavy atom.